The molecule has 16 heavy (non-hydrogen) atoms. The minimum Gasteiger partial charge on any atom is -0.357 e. The van der Waals surface area contributed by atoms with Crippen LogP contribution in [0.4, 0.5) is 0 Å². The molecule has 0 bridgehead atoms. The molecule has 0 aliphatic rings. The number of amides is 2. The molecule has 0 aliphatic heterocycles. The van der Waals surface area contributed by atoms with Gasteiger partial charge in [0.2, 0.25) is 11.8 Å². The Bertz CT molecular complexity index is 244. The van der Waals surface area contributed by atoms with Crippen molar-refractivity contribution in [2.45, 2.75) is 53.0 Å². The van der Waals surface area contributed by atoms with Gasteiger partial charge in [-0.1, -0.05) is 34.1 Å². The van der Waals surface area contributed by atoms with Crippen molar-refractivity contribution in [2.75, 3.05) is 7.05 Å². The lowest BCUT2D eigenvalue weighted by Gasteiger charge is -2.29. The maximum absolute atomic E-state index is 11.6. The first kappa shape index (κ1) is 14.9. The predicted molar refractivity (Wildman–Crippen MR) is 65.0 cm³/mol. The van der Waals surface area contributed by atoms with Gasteiger partial charge in [0, 0.05) is 13.5 Å². The number of hydrogen-bond acceptors (Lipinski definition) is 2. The van der Waals surface area contributed by atoms with Gasteiger partial charge in [0.1, 0.15) is 6.04 Å². The first-order valence-electron chi connectivity index (χ1n) is 5.83. The van der Waals surface area contributed by atoms with Crippen molar-refractivity contribution in [3.8, 4) is 0 Å². The van der Waals surface area contributed by atoms with E-state index in [2.05, 4.69) is 10.6 Å². The second-order valence-corrected chi connectivity index (χ2v) is 5.08. The zero-order chi connectivity index (χ0) is 12.8. The highest BCUT2D eigenvalue weighted by Crippen LogP contribution is 2.19. The molecule has 0 aliphatic carbocycles. The Kier molecular flexibility index (Phi) is 6.08. The second-order valence-electron chi connectivity index (χ2n) is 5.08. The number of likely N-dealkylation sites (N-methyl/N-ethyl adjacent to an activating group) is 1. The fourth-order valence-corrected chi connectivity index (χ4v) is 1.39. The zero-order valence-corrected chi connectivity index (χ0v) is 11.0. The number of nitrogens with one attached hydrogen (secondary N) is 2. The quantitative estimate of drug-likeness (QED) is 0.748. The minimum atomic E-state index is -0.471. The highest BCUT2D eigenvalue weighted by Gasteiger charge is 2.31. The number of rotatable bonds is 5. The normalized spacial score (nSPS) is 13.1. The minimum absolute atomic E-state index is 0.0506. The third-order valence-electron chi connectivity index (χ3n) is 2.44. The van der Waals surface area contributed by atoms with Crippen LogP contribution in [0.3, 0.4) is 0 Å². The van der Waals surface area contributed by atoms with Crippen molar-refractivity contribution in [3.63, 3.8) is 0 Å². The van der Waals surface area contributed by atoms with Gasteiger partial charge in [-0.3, -0.25) is 9.59 Å². The van der Waals surface area contributed by atoms with E-state index in [4.69, 9.17) is 0 Å². The van der Waals surface area contributed by atoms with E-state index in [1.807, 2.05) is 27.7 Å². The highest BCUT2D eigenvalue weighted by molar-refractivity contribution is 5.88. The summed E-state index contributed by atoms with van der Waals surface area (Å²) in [6.45, 7) is 7.85. The summed E-state index contributed by atoms with van der Waals surface area (Å²) in [5.74, 6) is -0.192. The molecule has 0 unspecified atom stereocenters. The van der Waals surface area contributed by atoms with E-state index in [1.54, 1.807) is 7.05 Å². The Hall–Kier alpha value is -1.06. The molecule has 2 N–H and O–H groups in total. The van der Waals surface area contributed by atoms with Gasteiger partial charge in [-0.2, -0.15) is 0 Å². The third kappa shape index (κ3) is 5.14. The lowest BCUT2D eigenvalue weighted by Crippen LogP contribution is -2.52. The van der Waals surface area contributed by atoms with Crippen LogP contribution in [0.5, 0.6) is 0 Å². The van der Waals surface area contributed by atoms with Crippen molar-refractivity contribution in [1.29, 1.82) is 0 Å². The smallest absolute Gasteiger partial charge is 0.242 e. The Morgan fingerprint density at radius 2 is 1.81 bits per heavy atom. The maximum Gasteiger partial charge on any atom is 0.242 e. The summed E-state index contributed by atoms with van der Waals surface area (Å²) in [6.07, 6.45) is 2.32. The topological polar surface area (TPSA) is 58.2 Å². The molecule has 0 radical (unpaired) electrons. The Labute approximate surface area is 98.2 Å². The molecule has 0 saturated heterocycles. The molecule has 0 fully saturated rings. The van der Waals surface area contributed by atoms with Crippen molar-refractivity contribution in [1.82, 2.24) is 10.6 Å². The van der Waals surface area contributed by atoms with Crippen molar-refractivity contribution < 1.29 is 9.59 Å². The Balaban J connectivity index is 4.44. The fourth-order valence-electron chi connectivity index (χ4n) is 1.39. The summed E-state index contributed by atoms with van der Waals surface area (Å²) in [4.78, 5) is 23.2. The van der Waals surface area contributed by atoms with Crippen molar-refractivity contribution in [2.24, 2.45) is 5.41 Å². The Morgan fingerprint density at radius 3 is 2.19 bits per heavy atom. The molecule has 94 valence electrons. The van der Waals surface area contributed by atoms with E-state index in [0.29, 0.717) is 6.42 Å². The standard InChI is InChI=1S/C12H24N2O2/c1-6-7-8-9(15)14-10(11(16)13-5)12(2,3)4/h10H,6-8H2,1-5H3,(H,13,16)(H,14,15)/t10-/m1/s1. The van der Waals surface area contributed by atoms with Crippen LogP contribution in [0.25, 0.3) is 0 Å². The summed E-state index contributed by atoms with van der Waals surface area (Å²) in [7, 11) is 1.58. The summed E-state index contributed by atoms with van der Waals surface area (Å²) < 4.78 is 0. The van der Waals surface area contributed by atoms with Crippen molar-refractivity contribution in [3.05, 3.63) is 0 Å². The molecule has 4 heteroatoms. The van der Waals surface area contributed by atoms with E-state index in [0.717, 1.165) is 12.8 Å². The molecule has 4 nitrogen and oxygen atoms in total. The molecule has 0 aromatic carbocycles. The first-order chi connectivity index (χ1) is 7.32. The van der Waals surface area contributed by atoms with Crippen LogP contribution in [0.15, 0.2) is 0 Å². The van der Waals surface area contributed by atoms with Gasteiger partial charge in [-0.05, 0) is 11.8 Å². The molecule has 0 aromatic heterocycles. The van der Waals surface area contributed by atoms with Crippen LogP contribution in [0.2, 0.25) is 0 Å². The monoisotopic (exact) mass is 228 g/mol. The molecule has 0 saturated carbocycles. The fraction of sp³-hybridized carbons (Fsp3) is 0.833. The average molecular weight is 228 g/mol. The lowest BCUT2D eigenvalue weighted by molar-refractivity contribution is -0.131. The summed E-state index contributed by atoms with van der Waals surface area (Å²) in [5.41, 5.74) is -0.276. The maximum atomic E-state index is 11.6. The third-order valence-corrected chi connectivity index (χ3v) is 2.44. The molecule has 0 aromatic rings. The average Bonchev–Trinajstić information content (AvgIpc) is 2.20. The van der Waals surface area contributed by atoms with Gasteiger partial charge >= 0.3 is 0 Å². The summed E-state index contributed by atoms with van der Waals surface area (Å²) >= 11 is 0. The summed E-state index contributed by atoms with van der Waals surface area (Å²) in [5, 5.41) is 5.37. The van der Waals surface area contributed by atoms with Gasteiger partial charge in [0.25, 0.3) is 0 Å². The van der Waals surface area contributed by atoms with Gasteiger partial charge in [0.15, 0.2) is 0 Å². The highest BCUT2D eigenvalue weighted by atomic mass is 16.2. The van der Waals surface area contributed by atoms with E-state index in [9.17, 15) is 9.59 Å². The molecule has 0 rings (SSSR count). The predicted octanol–water partition coefficient (Wildman–Crippen LogP) is 1.45. The van der Waals surface area contributed by atoms with Crippen LogP contribution >= 0.6 is 0 Å². The molecule has 0 heterocycles. The zero-order valence-electron chi connectivity index (χ0n) is 11.0. The van der Waals surface area contributed by atoms with Gasteiger partial charge in [-0.25, -0.2) is 0 Å². The van der Waals surface area contributed by atoms with Gasteiger partial charge < -0.3 is 10.6 Å². The van der Waals surface area contributed by atoms with E-state index < -0.39 is 6.04 Å². The van der Waals surface area contributed by atoms with E-state index in [-0.39, 0.29) is 17.2 Å². The molecular formula is C12H24N2O2. The molecule has 0 spiro atoms. The molecule has 2 amide bonds. The van der Waals surface area contributed by atoms with Crippen LogP contribution in [-0.2, 0) is 9.59 Å². The number of hydrogen-bond donors (Lipinski definition) is 2. The molecular weight excluding hydrogens is 204 g/mol. The van der Waals surface area contributed by atoms with Crippen LogP contribution in [-0.4, -0.2) is 24.9 Å². The van der Waals surface area contributed by atoms with Gasteiger partial charge in [0.05, 0.1) is 0 Å². The number of unbranched alkanes of at least 4 members (excludes halogenated alkanes) is 1. The van der Waals surface area contributed by atoms with Crippen LogP contribution < -0.4 is 10.6 Å². The summed E-state index contributed by atoms with van der Waals surface area (Å²) in [6, 6.07) is -0.471. The molecule has 1 atom stereocenters. The first-order valence-corrected chi connectivity index (χ1v) is 5.83. The number of carbonyl (C=O) groups is 2. The SMILES string of the molecule is CCCCC(=O)N[C@H](C(=O)NC)C(C)(C)C. The van der Waals surface area contributed by atoms with E-state index >= 15 is 0 Å². The van der Waals surface area contributed by atoms with Crippen LogP contribution in [0, 0.1) is 5.41 Å². The van der Waals surface area contributed by atoms with Crippen LogP contribution in [0.1, 0.15) is 47.0 Å². The lowest BCUT2D eigenvalue weighted by atomic mass is 9.86. The number of carbonyl (C=O) groups excluding carboxylic acids is 2. The van der Waals surface area contributed by atoms with Crippen molar-refractivity contribution >= 4 is 11.8 Å². The second kappa shape index (κ2) is 6.51. The Morgan fingerprint density at radius 1 is 1.25 bits per heavy atom. The van der Waals surface area contributed by atoms with E-state index in [1.165, 1.54) is 0 Å². The van der Waals surface area contributed by atoms with Gasteiger partial charge in [-0.15, -0.1) is 0 Å². The largest absolute Gasteiger partial charge is 0.357 e.